The van der Waals surface area contributed by atoms with Crippen molar-refractivity contribution in [1.29, 1.82) is 0 Å². The van der Waals surface area contributed by atoms with E-state index in [1.165, 1.54) is 30.2 Å². The van der Waals surface area contributed by atoms with Gasteiger partial charge in [0.1, 0.15) is 0 Å². The first kappa shape index (κ1) is 14.4. The number of anilines is 1. The van der Waals surface area contributed by atoms with Crippen LogP contribution in [0.15, 0.2) is 18.2 Å². The van der Waals surface area contributed by atoms with Crippen molar-refractivity contribution in [2.45, 2.75) is 11.7 Å². The first-order valence-corrected chi connectivity index (χ1v) is 6.39. The zero-order valence-electron chi connectivity index (χ0n) is 10.7. The average molecular weight is 295 g/mol. The van der Waals surface area contributed by atoms with E-state index in [-0.39, 0.29) is 34.4 Å². The molecule has 1 fully saturated rings. The Balaban J connectivity index is 2.52. The van der Waals surface area contributed by atoms with E-state index in [9.17, 15) is 14.4 Å². The molecule has 1 N–H and O–H groups in total. The molecule has 0 radical (unpaired) electrons. The van der Waals surface area contributed by atoms with Crippen LogP contribution < -0.4 is 4.90 Å². The van der Waals surface area contributed by atoms with Crippen molar-refractivity contribution in [1.82, 2.24) is 0 Å². The number of benzene rings is 1. The average Bonchev–Trinajstić information content (AvgIpc) is 2.76. The van der Waals surface area contributed by atoms with Gasteiger partial charge >= 0.3 is 11.9 Å². The Kier molecular flexibility index (Phi) is 3.99. The Hall–Kier alpha value is -2.02. The summed E-state index contributed by atoms with van der Waals surface area (Å²) in [5.41, 5.74) is 0.412. The largest absolute Gasteiger partial charge is 0.478 e. The second-order valence-electron chi connectivity index (χ2n) is 4.39. The number of rotatable bonds is 3. The highest BCUT2D eigenvalue weighted by Gasteiger charge is 2.31. The fraction of sp³-hybridized carbons (Fsp3) is 0.308. The third-order valence-electron chi connectivity index (χ3n) is 3.05. The lowest BCUT2D eigenvalue weighted by molar-refractivity contribution is -0.117. The van der Waals surface area contributed by atoms with Gasteiger partial charge in [-0.15, -0.1) is 0 Å². The van der Waals surface area contributed by atoms with E-state index in [2.05, 4.69) is 17.4 Å². The molecule has 106 valence electrons. The predicted octanol–water partition coefficient (Wildman–Crippen LogP) is 1.21. The Morgan fingerprint density at radius 3 is 2.65 bits per heavy atom. The number of ether oxygens (including phenoxy) is 1. The first-order valence-electron chi connectivity index (χ1n) is 5.88. The lowest BCUT2D eigenvalue weighted by Crippen LogP contribution is -2.27. The van der Waals surface area contributed by atoms with Gasteiger partial charge in [0.2, 0.25) is 5.91 Å². The van der Waals surface area contributed by atoms with Gasteiger partial charge in [0.15, 0.2) is 0 Å². The molecular formula is C13H13NO5S. The minimum Gasteiger partial charge on any atom is -0.478 e. The molecule has 7 heteroatoms. The molecule has 1 aliphatic heterocycles. The summed E-state index contributed by atoms with van der Waals surface area (Å²) in [6.07, 6.45) is 0.251. The molecule has 0 aliphatic carbocycles. The zero-order chi connectivity index (χ0) is 14.9. The maximum absolute atomic E-state index is 11.9. The van der Waals surface area contributed by atoms with Crippen molar-refractivity contribution >= 4 is 36.2 Å². The number of hydrogen-bond donors (Lipinski definition) is 2. The molecule has 1 aromatic carbocycles. The van der Waals surface area contributed by atoms with Crippen LogP contribution in [0.2, 0.25) is 0 Å². The van der Waals surface area contributed by atoms with E-state index in [0.717, 1.165) is 0 Å². The van der Waals surface area contributed by atoms with Crippen molar-refractivity contribution < 1.29 is 24.2 Å². The summed E-state index contributed by atoms with van der Waals surface area (Å²) >= 11 is 4.24. The third kappa shape index (κ3) is 2.62. The van der Waals surface area contributed by atoms with Crippen molar-refractivity contribution in [2.24, 2.45) is 0 Å². The van der Waals surface area contributed by atoms with Gasteiger partial charge in [0.25, 0.3) is 0 Å². The number of methoxy groups -OCH3 is 1. The molecule has 1 saturated heterocycles. The minimum atomic E-state index is -1.13. The van der Waals surface area contributed by atoms with Gasteiger partial charge in [0, 0.05) is 18.2 Å². The minimum absolute atomic E-state index is 0.00284. The monoisotopic (exact) mass is 295 g/mol. The van der Waals surface area contributed by atoms with Crippen LogP contribution in [0.4, 0.5) is 5.69 Å². The second kappa shape index (κ2) is 5.54. The number of hydrogen-bond acceptors (Lipinski definition) is 5. The lowest BCUT2D eigenvalue weighted by Gasteiger charge is -2.19. The van der Waals surface area contributed by atoms with E-state index in [1.54, 1.807) is 0 Å². The van der Waals surface area contributed by atoms with E-state index in [1.807, 2.05) is 0 Å². The standard InChI is InChI=1S/C13H13NO5S/c1-19-13(18)9-3-2-7(12(16)17)4-10(9)14-6-8(20)5-11(14)15/h2-4,8,20H,5-6H2,1H3,(H,16,17). The normalized spacial score (nSPS) is 18.2. The first-order chi connectivity index (χ1) is 9.43. The number of thiol groups is 1. The molecule has 0 bridgehead atoms. The summed E-state index contributed by atoms with van der Waals surface area (Å²) in [7, 11) is 1.23. The highest BCUT2D eigenvalue weighted by molar-refractivity contribution is 7.81. The van der Waals surface area contributed by atoms with Gasteiger partial charge < -0.3 is 14.7 Å². The molecule has 1 heterocycles. The molecule has 0 saturated carbocycles. The molecule has 2 rings (SSSR count). The van der Waals surface area contributed by atoms with Gasteiger partial charge in [-0.3, -0.25) is 4.79 Å². The Morgan fingerprint density at radius 2 is 2.15 bits per heavy atom. The molecular weight excluding hydrogens is 282 g/mol. The van der Waals surface area contributed by atoms with Crippen LogP contribution in [0.25, 0.3) is 0 Å². The number of carbonyl (C=O) groups excluding carboxylic acids is 2. The molecule has 1 atom stereocenters. The molecule has 0 spiro atoms. The van der Waals surface area contributed by atoms with Crippen molar-refractivity contribution in [2.75, 3.05) is 18.6 Å². The molecule has 1 aliphatic rings. The number of carbonyl (C=O) groups is 3. The van der Waals surface area contributed by atoms with Crippen LogP contribution in [0.5, 0.6) is 0 Å². The quantitative estimate of drug-likeness (QED) is 0.647. The van der Waals surface area contributed by atoms with Crippen LogP contribution in [0.3, 0.4) is 0 Å². The summed E-state index contributed by atoms with van der Waals surface area (Å²) in [6.45, 7) is 0.328. The fourth-order valence-electron chi connectivity index (χ4n) is 2.09. The van der Waals surface area contributed by atoms with Gasteiger partial charge in [-0.1, -0.05) is 0 Å². The molecule has 1 amide bonds. The summed E-state index contributed by atoms with van der Waals surface area (Å²) in [6, 6.07) is 3.96. The maximum Gasteiger partial charge on any atom is 0.339 e. The summed E-state index contributed by atoms with van der Waals surface area (Å²) in [5, 5.41) is 8.88. The third-order valence-corrected chi connectivity index (χ3v) is 3.39. The number of carboxylic acid groups (broad SMARTS) is 1. The van der Waals surface area contributed by atoms with Gasteiger partial charge in [-0.2, -0.15) is 12.6 Å². The molecule has 1 unspecified atom stereocenters. The number of esters is 1. The Morgan fingerprint density at radius 1 is 1.45 bits per heavy atom. The fourth-order valence-corrected chi connectivity index (χ4v) is 2.41. The van der Waals surface area contributed by atoms with E-state index < -0.39 is 11.9 Å². The second-order valence-corrected chi connectivity index (χ2v) is 5.12. The lowest BCUT2D eigenvalue weighted by atomic mass is 10.1. The van der Waals surface area contributed by atoms with E-state index >= 15 is 0 Å². The van der Waals surface area contributed by atoms with Crippen LogP contribution in [0.1, 0.15) is 27.1 Å². The Labute approximate surface area is 120 Å². The number of aromatic carboxylic acids is 1. The highest BCUT2D eigenvalue weighted by atomic mass is 32.1. The molecule has 1 aromatic rings. The highest BCUT2D eigenvalue weighted by Crippen LogP contribution is 2.29. The SMILES string of the molecule is COC(=O)c1ccc(C(=O)O)cc1N1CC(S)CC1=O. The van der Waals surface area contributed by atoms with Crippen molar-refractivity contribution in [3.8, 4) is 0 Å². The summed E-state index contributed by atoms with van der Waals surface area (Å²) < 4.78 is 4.66. The van der Waals surface area contributed by atoms with E-state index in [4.69, 9.17) is 5.11 Å². The van der Waals surface area contributed by atoms with Crippen LogP contribution in [-0.2, 0) is 9.53 Å². The number of nitrogens with zero attached hydrogens (tertiary/aromatic N) is 1. The number of amides is 1. The molecule has 20 heavy (non-hydrogen) atoms. The smallest absolute Gasteiger partial charge is 0.339 e. The predicted molar refractivity (Wildman–Crippen MR) is 74.5 cm³/mol. The van der Waals surface area contributed by atoms with Crippen LogP contribution in [-0.4, -0.2) is 41.9 Å². The maximum atomic E-state index is 11.9. The Bertz CT molecular complexity index is 586. The van der Waals surface area contributed by atoms with Gasteiger partial charge in [-0.05, 0) is 18.2 Å². The van der Waals surface area contributed by atoms with E-state index in [0.29, 0.717) is 6.54 Å². The summed E-state index contributed by atoms with van der Waals surface area (Å²) in [5.74, 6) is -1.94. The van der Waals surface area contributed by atoms with Crippen LogP contribution >= 0.6 is 12.6 Å². The zero-order valence-corrected chi connectivity index (χ0v) is 11.6. The number of carboxylic acids is 1. The van der Waals surface area contributed by atoms with Crippen molar-refractivity contribution in [3.05, 3.63) is 29.3 Å². The molecule has 0 aromatic heterocycles. The topological polar surface area (TPSA) is 83.9 Å². The summed E-state index contributed by atoms with van der Waals surface area (Å²) in [4.78, 5) is 36.0. The van der Waals surface area contributed by atoms with Crippen LogP contribution in [0, 0.1) is 0 Å². The van der Waals surface area contributed by atoms with Gasteiger partial charge in [-0.25, -0.2) is 9.59 Å². The van der Waals surface area contributed by atoms with Crippen molar-refractivity contribution in [3.63, 3.8) is 0 Å². The van der Waals surface area contributed by atoms with Gasteiger partial charge in [0.05, 0.1) is 23.9 Å². The molecule has 6 nitrogen and oxygen atoms in total.